The second-order valence-corrected chi connectivity index (χ2v) is 5.56. The van der Waals surface area contributed by atoms with Gasteiger partial charge in [0.2, 0.25) is 5.91 Å². The summed E-state index contributed by atoms with van der Waals surface area (Å²) >= 11 is 0. The number of hydrogen-bond acceptors (Lipinski definition) is 2. The number of hydrogen-bond donors (Lipinski definition) is 2. The zero-order valence-electron chi connectivity index (χ0n) is 13.1. The quantitative estimate of drug-likeness (QED) is 0.888. The summed E-state index contributed by atoms with van der Waals surface area (Å²) in [6.07, 6.45) is 0.289. The number of benzene rings is 2. The van der Waals surface area contributed by atoms with Crippen molar-refractivity contribution in [3.63, 3.8) is 0 Å². The van der Waals surface area contributed by atoms with Crippen LogP contribution in [-0.2, 0) is 11.2 Å². The minimum Gasteiger partial charge on any atom is -0.368 e. The number of nitrogens with one attached hydrogen (secondary N) is 1. The molecule has 3 N–H and O–H groups in total. The first-order valence-corrected chi connectivity index (χ1v) is 7.28. The summed E-state index contributed by atoms with van der Waals surface area (Å²) in [5, 5.41) is 2.56. The summed E-state index contributed by atoms with van der Waals surface area (Å²) in [4.78, 5) is 23.8. The van der Waals surface area contributed by atoms with Gasteiger partial charge in [-0.3, -0.25) is 9.59 Å². The van der Waals surface area contributed by atoms with Crippen molar-refractivity contribution < 1.29 is 14.0 Å². The number of aryl methyl sites for hydroxylation is 2. The molecule has 0 saturated carbocycles. The lowest BCUT2D eigenvalue weighted by Crippen LogP contribution is -2.45. The maximum atomic E-state index is 13.2. The first kappa shape index (κ1) is 16.7. The Bertz CT molecular complexity index is 744. The Kier molecular flexibility index (Phi) is 5.11. The van der Waals surface area contributed by atoms with E-state index in [1.807, 2.05) is 32.0 Å². The summed E-state index contributed by atoms with van der Waals surface area (Å²) in [5.41, 5.74) is 8.68. The second kappa shape index (κ2) is 7.05. The van der Waals surface area contributed by atoms with Gasteiger partial charge >= 0.3 is 0 Å². The van der Waals surface area contributed by atoms with E-state index in [0.717, 1.165) is 22.8 Å². The zero-order chi connectivity index (χ0) is 17.0. The highest BCUT2D eigenvalue weighted by Crippen LogP contribution is 2.12. The molecule has 0 aliphatic carbocycles. The third kappa shape index (κ3) is 4.39. The molecule has 2 aromatic carbocycles. The van der Waals surface area contributed by atoms with Crippen LogP contribution in [0.2, 0.25) is 0 Å². The third-order valence-electron chi connectivity index (χ3n) is 3.75. The number of primary amides is 1. The van der Waals surface area contributed by atoms with Gasteiger partial charge in [-0.2, -0.15) is 0 Å². The average molecular weight is 314 g/mol. The van der Waals surface area contributed by atoms with E-state index in [4.69, 9.17) is 5.73 Å². The SMILES string of the molecule is Cc1ccc(C[C@H](NC(=O)c2cccc(F)c2)C(N)=O)cc1C. The van der Waals surface area contributed by atoms with Crippen molar-refractivity contribution in [2.24, 2.45) is 5.73 Å². The van der Waals surface area contributed by atoms with Crippen molar-refractivity contribution in [1.82, 2.24) is 5.32 Å². The van der Waals surface area contributed by atoms with E-state index in [2.05, 4.69) is 5.32 Å². The lowest BCUT2D eigenvalue weighted by Gasteiger charge is -2.16. The van der Waals surface area contributed by atoms with Crippen LogP contribution in [0.25, 0.3) is 0 Å². The van der Waals surface area contributed by atoms with Gasteiger partial charge < -0.3 is 11.1 Å². The molecule has 120 valence electrons. The molecule has 2 amide bonds. The molecule has 0 aliphatic heterocycles. The summed E-state index contributed by atoms with van der Waals surface area (Å²) in [7, 11) is 0. The number of carbonyl (C=O) groups is 2. The predicted molar refractivity (Wildman–Crippen MR) is 86.5 cm³/mol. The lowest BCUT2D eigenvalue weighted by atomic mass is 10.0. The first-order valence-electron chi connectivity index (χ1n) is 7.28. The van der Waals surface area contributed by atoms with Crippen LogP contribution in [0, 0.1) is 19.7 Å². The highest BCUT2D eigenvalue weighted by Gasteiger charge is 2.20. The standard InChI is InChI=1S/C18H19FN2O2/c1-11-6-7-13(8-12(11)2)9-16(17(20)22)21-18(23)14-4-3-5-15(19)10-14/h3-8,10,16H,9H2,1-2H3,(H2,20,22)(H,21,23)/t16-/m0/s1. The maximum Gasteiger partial charge on any atom is 0.252 e. The smallest absolute Gasteiger partial charge is 0.252 e. The van der Waals surface area contributed by atoms with Crippen molar-refractivity contribution in [1.29, 1.82) is 0 Å². The minimum absolute atomic E-state index is 0.149. The third-order valence-corrected chi connectivity index (χ3v) is 3.75. The monoisotopic (exact) mass is 314 g/mol. The van der Waals surface area contributed by atoms with Crippen molar-refractivity contribution in [3.8, 4) is 0 Å². The van der Waals surface area contributed by atoms with Crippen LogP contribution in [-0.4, -0.2) is 17.9 Å². The van der Waals surface area contributed by atoms with Gasteiger partial charge in [-0.25, -0.2) is 4.39 Å². The van der Waals surface area contributed by atoms with Crippen LogP contribution in [0.1, 0.15) is 27.0 Å². The summed E-state index contributed by atoms with van der Waals surface area (Å²) in [6.45, 7) is 3.97. The first-order chi connectivity index (χ1) is 10.9. The molecule has 23 heavy (non-hydrogen) atoms. The molecule has 2 rings (SSSR count). The van der Waals surface area contributed by atoms with Crippen LogP contribution in [0.15, 0.2) is 42.5 Å². The molecule has 0 fully saturated rings. The van der Waals surface area contributed by atoms with Gasteiger partial charge in [-0.05, 0) is 48.7 Å². The van der Waals surface area contributed by atoms with Crippen molar-refractivity contribution in [2.45, 2.75) is 26.3 Å². The van der Waals surface area contributed by atoms with E-state index in [1.54, 1.807) is 0 Å². The van der Waals surface area contributed by atoms with Crippen LogP contribution in [0.4, 0.5) is 4.39 Å². The van der Waals surface area contributed by atoms with Crippen LogP contribution in [0.5, 0.6) is 0 Å². The molecule has 0 spiro atoms. The lowest BCUT2D eigenvalue weighted by molar-refractivity contribution is -0.119. The minimum atomic E-state index is -0.854. The molecule has 2 aromatic rings. The van der Waals surface area contributed by atoms with Gasteiger partial charge in [-0.1, -0.05) is 24.3 Å². The fraction of sp³-hybridized carbons (Fsp3) is 0.222. The molecule has 1 atom stereocenters. The maximum absolute atomic E-state index is 13.2. The van der Waals surface area contributed by atoms with E-state index in [1.165, 1.54) is 18.2 Å². The van der Waals surface area contributed by atoms with Crippen LogP contribution >= 0.6 is 0 Å². The molecule has 0 radical (unpaired) electrons. The fourth-order valence-corrected chi connectivity index (χ4v) is 2.26. The van der Waals surface area contributed by atoms with Gasteiger partial charge in [0.1, 0.15) is 11.9 Å². The number of amides is 2. The molecular formula is C18H19FN2O2. The Morgan fingerprint density at radius 1 is 1.13 bits per heavy atom. The number of rotatable bonds is 5. The highest BCUT2D eigenvalue weighted by atomic mass is 19.1. The second-order valence-electron chi connectivity index (χ2n) is 5.56. The molecular weight excluding hydrogens is 295 g/mol. The molecule has 0 unspecified atom stereocenters. The Balaban J connectivity index is 2.14. The van der Waals surface area contributed by atoms with E-state index in [9.17, 15) is 14.0 Å². The van der Waals surface area contributed by atoms with Crippen LogP contribution < -0.4 is 11.1 Å². The predicted octanol–water partition coefficient (Wildman–Crippen LogP) is 2.27. The molecule has 0 aromatic heterocycles. The fourth-order valence-electron chi connectivity index (χ4n) is 2.26. The van der Waals surface area contributed by atoms with Crippen molar-refractivity contribution in [3.05, 3.63) is 70.5 Å². The van der Waals surface area contributed by atoms with E-state index < -0.39 is 23.7 Å². The molecule has 4 nitrogen and oxygen atoms in total. The number of halogens is 1. The van der Waals surface area contributed by atoms with Gasteiger partial charge in [0.15, 0.2) is 0 Å². The Morgan fingerprint density at radius 3 is 2.48 bits per heavy atom. The topological polar surface area (TPSA) is 72.2 Å². The highest BCUT2D eigenvalue weighted by molar-refractivity contribution is 5.97. The molecule has 0 aliphatic rings. The summed E-state index contributed by atoms with van der Waals surface area (Å²) < 4.78 is 13.2. The summed E-state index contributed by atoms with van der Waals surface area (Å²) in [5.74, 6) is -1.67. The molecule has 5 heteroatoms. The number of nitrogens with two attached hydrogens (primary N) is 1. The van der Waals surface area contributed by atoms with E-state index >= 15 is 0 Å². The van der Waals surface area contributed by atoms with E-state index in [0.29, 0.717) is 0 Å². The molecule has 0 bridgehead atoms. The van der Waals surface area contributed by atoms with E-state index in [-0.39, 0.29) is 12.0 Å². The normalized spacial score (nSPS) is 11.8. The van der Waals surface area contributed by atoms with Gasteiger partial charge in [-0.15, -0.1) is 0 Å². The average Bonchev–Trinajstić information content (AvgIpc) is 2.50. The van der Waals surface area contributed by atoms with Crippen molar-refractivity contribution >= 4 is 11.8 Å². The Hall–Kier alpha value is -2.69. The Morgan fingerprint density at radius 2 is 1.87 bits per heavy atom. The largest absolute Gasteiger partial charge is 0.368 e. The van der Waals surface area contributed by atoms with Crippen molar-refractivity contribution in [2.75, 3.05) is 0 Å². The van der Waals surface area contributed by atoms with Crippen LogP contribution in [0.3, 0.4) is 0 Å². The van der Waals surface area contributed by atoms with Gasteiger partial charge in [0, 0.05) is 12.0 Å². The Labute approximate surface area is 134 Å². The molecule has 0 heterocycles. The molecule has 0 saturated heterocycles. The number of carbonyl (C=O) groups excluding carboxylic acids is 2. The van der Waals surface area contributed by atoms with Gasteiger partial charge in [0.25, 0.3) is 5.91 Å². The van der Waals surface area contributed by atoms with Gasteiger partial charge in [0.05, 0.1) is 0 Å². The summed E-state index contributed by atoms with van der Waals surface area (Å²) in [6, 6.07) is 10.2. The zero-order valence-corrected chi connectivity index (χ0v) is 13.1.